The summed E-state index contributed by atoms with van der Waals surface area (Å²) in [7, 11) is 1.43. The van der Waals surface area contributed by atoms with Gasteiger partial charge in [-0.05, 0) is 62.6 Å². The van der Waals surface area contributed by atoms with Crippen molar-refractivity contribution in [3.63, 3.8) is 0 Å². The third kappa shape index (κ3) is 5.31. The minimum atomic E-state index is -0.730. The molecule has 2 aromatic heterocycles. The van der Waals surface area contributed by atoms with E-state index in [0.717, 1.165) is 53.9 Å². The molecule has 0 radical (unpaired) electrons. The molecule has 2 atom stereocenters. The third-order valence-electron chi connectivity index (χ3n) is 8.47. The van der Waals surface area contributed by atoms with Gasteiger partial charge in [0.1, 0.15) is 18.0 Å². The Morgan fingerprint density at radius 3 is 2.71 bits per heavy atom. The van der Waals surface area contributed by atoms with E-state index in [1.807, 2.05) is 0 Å². The van der Waals surface area contributed by atoms with Crippen molar-refractivity contribution in [3.05, 3.63) is 40.4 Å². The lowest BCUT2D eigenvalue weighted by Crippen LogP contribution is -2.55. The topological polar surface area (TPSA) is 144 Å². The lowest BCUT2D eigenvalue weighted by Gasteiger charge is -2.47. The van der Waals surface area contributed by atoms with Crippen molar-refractivity contribution in [2.24, 2.45) is 12.5 Å². The molecule has 3 aliphatic heterocycles. The fraction of sp³-hybridized carbons (Fsp3) is 0.593. The summed E-state index contributed by atoms with van der Waals surface area (Å²) in [5.74, 6) is -1.33. The molecule has 0 saturated carbocycles. The largest absolute Gasteiger partial charge is 0.490 e. The number of piperidine rings is 1. The predicted octanol–water partition coefficient (Wildman–Crippen LogP) is 1.98. The Labute approximate surface area is 240 Å². The lowest BCUT2D eigenvalue weighted by molar-refractivity contribution is -0.153. The Morgan fingerprint density at radius 2 is 2.02 bits per heavy atom. The molecule has 0 unspecified atom stereocenters. The second kappa shape index (κ2) is 10.9. The van der Waals surface area contributed by atoms with E-state index in [9.17, 15) is 14.3 Å². The van der Waals surface area contributed by atoms with Gasteiger partial charge in [-0.25, -0.2) is 18.6 Å². The zero-order valence-corrected chi connectivity index (χ0v) is 23.8. The zero-order valence-electron chi connectivity index (χ0n) is 23.8. The minimum Gasteiger partial charge on any atom is -0.490 e. The Bertz CT molecular complexity index is 1520. The van der Waals surface area contributed by atoms with Crippen molar-refractivity contribution in [2.45, 2.75) is 57.2 Å². The van der Waals surface area contributed by atoms with Crippen molar-refractivity contribution < 1.29 is 23.4 Å². The van der Waals surface area contributed by atoms with E-state index in [1.54, 1.807) is 0 Å². The first-order chi connectivity index (χ1) is 20.1. The summed E-state index contributed by atoms with van der Waals surface area (Å²) in [5, 5.41) is 23.4. The Kier molecular flexibility index (Phi) is 7.35. The van der Waals surface area contributed by atoms with Crippen molar-refractivity contribution in [1.82, 2.24) is 34.7 Å². The number of aliphatic hydroxyl groups excluding tert-OH is 1. The summed E-state index contributed by atoms with van der Waals surface area (Å²) < 4.78 is 43.3. The van der Waals surface area contributed by atoms with Crippen LogP contribution in [-0.4, -0.2) is 90.4 Å². The van der Waals surface area contributed by atoms with Crippen molar-refractivity contribution in [2.75, 3.05) is 43.6 Å². The van der Waals surface area contributed by atoms with E-state index in [-0.39, 0.29) is 53.7 Å². The van der Waals surface area contributed by atoms with Crippen LogP contribution in [0.25, 0.3) is 5.69 Å². The van der Waals surface area contributed by atoms with E-state index in [2.05, 4.69) is 49.8 Å². The van der Waals surface area contributed by atoms with Gasteiger partial charge in [-0.3, -0.25) is 4.90 Å². The average molecular weight is 588 g/mol. The summed E-state index contributed by atoms with van der Waals surface area (Å²) in [6, 6.07) is 2.88. The quantitative estimate of drug-likeness (QED) is 0.338. The first-order valence-electron chi connectivity index (χ1n) is 14.0. The normalized spacial score (nSPS) is 22.8. The number of aliphatic hydroxyl groups is 1. The van der Waals surface area contributed by atoms with Crippen LogP contribution < -0.4 is 21.1 Å². The second-order valence-electron chi connectivity index (χ2n) is 12.1. The summed E-state index contributed by atoms with van der Waals surface area (Å²) >= 11 is 0. The highest BCUT2D eigenvalue weighted by Gasteiger charge is 2.43. The van der Waals surface area contributed by atoms with Gasteiger partial charge in [0.25, 0.3) is 0 Å². The van der Waals surface area contributed by atoms with Crippen LogP contribution in [0.5, 0.6) is 5.75 Å². The SMILES string of the molecule is Cn1nnn(-c2cc(Nc3ncc(F)c(N[C@@H]4C[C@@H]5CCCN5C(C)(C)C4)n3)c(F)cc2OCC2(CO)COC2)c1=O. The molecule has 3 fully saturated rings. The van der Waals surface area contributed by atoms with Crippen LogP contribution in [0.4, 0.5) is 26.2 Å². The molecule has 0 amide bonds. The van der Waals surface area contributed by atoms with Gasteiger partial charge in [0, 0.05) is 30.7 Å². The number of anilines is 3. The van der Waals surface area contributed by atoms with Gasteiger partial charge in [-0.2, -0.15) is 14.3 Å². The number of ether oxygens (including phenoxy) is 2. The van der Waals surface area contributed by atoms with Gasteiger partial charge in [0.05, 0.1) is 37.1 Å². The average Bonchev–Trinajstić information content (AvgIpc) is 3.54. The monoisotopic (exact) mass is 587 g/mol. The molecule has 42 heavy (non-hydrogen) atoms. The van der Waals surface area contributed by atoms with Crippen LogP contribution in [0.2, 0.25) is 0 Å². The maximum Gasteiger partial charge on any atom is 0.368 e. The number of benzene rings is 1. The molecule has 3 saturated heterocycles. The Hall–Kier alpha value is -3.69. The molecule has 226 valence electrons. The van der Waals surface area contributed by atoms with Crippen LogP contribution >= 0.6 is 0 Å². The van der Waals surface area contributed by atoms with Crippen molar-refractivity contribution in [1.29, 1.82) is 0 Å². The first-order valence-corrected chi connectivity index (χ1v) is 14.0. The van der Waals surface area contributed by atoms with Crippen LogP contribution in [0, 0.1) is 17.0 Å². The number of aromatic nitrogens is 6. The van der Waals surface area contributed by atoms with E-state index in [0.29, 0.717) is 19.3 Å². The summed E-state index contributed by atoms with van der Waals surface area (Å²) in [6.45, 7) is 5.94. The fourth-order valence-corrected chi connectivity index (χ4v) is 6.19. The zero-order chi connectivity index (χ0) is 29.6. The van der Waals surface area contributed by atoms with Crippen LogP contribution in [0.1, 0.15) is 39.5 Å². The number of tetrazole rings is 1. The third-order valence-corrected chi connectivity index (χ3v) is 8.47. The van der Waals surface area contributed by atoms with Crippen LogP contribution in [-0.2, 0) is 11.8 Å². The fourth-order valence-electron chi connectivity index (χ4n) is 6.19. The van der Waals surface area contributed by atoms with Gasteiger partial charge in [-0.15, -0.1) is 0 Å². The molecule has 3 N–H and O–H groups in total. The van der Waals surface area contributed by atoms with Gasteiger partial charge < -0.3 is 25.2 Å². The standard InChI is InChI=1S/C27H35F2N9O4/c1-26(2)10-16(7-17-5-4-6-37(17)26)31-23-19(29)11-30-24(33-23)32-20-9-21(38-25(40)36(3)34-35-38)22(8-18(20)28)42-15-27(12-39)13-41-14-27/h8-9,11,16-17,39H,4-7,10,12-15H2,1-3H3,(H2,30,31,32,33)/t16-,17+/m1/s1. The molecule has 3 aromatic rings. The smallest absolute Gasteiger partial charge is 0.368 e. The highest BCUT2D eigenvalue weighted by atomic mass is 19.1. The first kappa shape index (κ1) is 28.4. The summed E-state index contributed by atoms with van der Waals surface area (Å²) in [4.78, 5) is 23.5. The van der Waals surface area contributed by atoms with E-state index >= 15 is 4.39 Å². The number of hydrogen-bond donors (Lipinski definition) is 3. The molecule has 3 aliphatic rings. The molecule has 13 nitrogen and oxygen atoms in total. The highest BCUT2D eigenvalue weighted by molar-refractivity contribution is 5.63. The Balaban J connectivity index is 1.26. The van der Waals surface area contributed by atoms with Crippen molar-refractivity contribution >= 4 is 17.5 Å². The molecule has 5 heterocycles. The van der Waals surface area contributed by atoms with Crippen molar-refractivity contribution in [3.8, 4) is 11.4 Å². The number of fused-ring (bicyclic) bond motifs is 1. The van der Waals surface area contributed by atoms with E-state index < -0.39 is 22.7 Å². The maximum atomic E-state index is 15.4. The number of aryl methyl sites for hydroxylation is 1. The number of halogens is 2. The second-order valence-corrected chi connectivity index (χ2v) is 12.1. The van der Waals surface area contributed by atoms with E-state index in [4.69, 9.17) is 9.47 Å². The maximum absolute atomic E-state index is 15.4. The Morgan fingerprint density at radius 1 is 1.21 bits per heavy atom. The number of nitrogens with one attached hydrogen (secondary N) is 2. The number of rotatable bonds is 9. The summed E-state index contributed by atoms with van der Waals surface area (Å²) in [6.07, 6.45) is 5.01. The van der Waals surface area contributed by atoms with Gasteiger partial charge >= 0.3 is 5.69 Å². The highest BCUT2D eigenvalue weighted by Crippen LogP contribution is 2.39. The number of hydrogen-bond acceptors (Lipinski definition) is 11. The van der Waals surface area contributed by atoms with Gasteiger partial charge in [0.2, 0.25) is 5.95 Å². The molecule has 15 heteroatoms. The lowest BCUT2D eigenvalue weighted by atomic mass is 9.84. The molecule has 0 aliphatic carbocycles. The number of nitrogens with zero attached hydrogens (tertiary/aromatic N) is 7. The predicted molar refractivity (Wildman–Crippen MR) is 148 cm³/mol. The molecular formula is C27H35F2N9O4. The van der Waals surface area contributed by atoms with Crippen LogP contribution in [0.3, 0.4) is 0 Å². The molecule has 1 aromatic carbocycles. The van der Waals surface area contributed by atoms with Gasteiger partial charge in [0.15, 0.2) is 17.5 Å². The molecular weight excluding hydrogens is 552 g/mol. The minimum absolute atomic E-state index is 0.0168. The molecule has 0 spiro atoms. The molecule has 0 bridgehead atoms. The molecule has 6 rings (SSSR count). The van der Waals surface area contributed by atoms with E-state index in [1.165, 1.54) is 13.1 Å². The van der Waals surface area contributed by atoms with Crippen LogP contribution in [0.15, 0.2) is 23.1 Å². The summed E-state index contributed by atoms with van der Waals surface area (Å²) in [5.41, 5.74) is -1.20. The van der Waals surface area contributed by atoms with Gasteiger partial charge in [-0.1, -0.05) is 0 Å².